The van der Waals surface area contributed by atoms with Gasteiger partial charge >= 0.3 is 0 Å². The minimum Gasteiger partial charge on any atom is -0.293 e. The average molecular weight is 322 g/mol. The summed E-state index contributed by atoms with van der Waals surface area (Å²) in [6.07, 6.45) is 0. The molecule has 2 aromatic carbocycles. The summed E-state index contributed by atoms with van der Waals surface area (Å²) in [6.45, 7) is 3.89. The Hall–Kier alpha value is -1.35. The molecule has 0 saturated carbocycles. The van der Waals surface area contributed by atoms with Crippen LogP contribution in [0.1, 0.15) is 22.8 Å². The normalized spacial score (nSPS) is 10.9. The molecular formula is C17H17Cl2NO. The number of rotatable bonds is 6. The Morgan fingerprint density at radius 1 is 1.10 bits per heavy atom. The van der Waals surface area contributed by atoms with E-state index in [1.165, 1.54) is 5.56 Å². The molecule has 0 atom stereocenters. The molecule has 2 aromatic rings. The third kappa shape index (κ3) is 4.57. The first kappa shape index (κ1) is 16.0. The second kappa shape index (κ2) is 7.60. The van der Waals surface area contributed by atoms with Gasteiger partial charge in [-0.3, -0.25) is 9.69 Å². The average Bonchev–Trinajstić information content (AvgIpc) is 2.50. The van der Waals surface area contributed by atoms with Crippen LogP contribution in [0, 0.1) is 0 Å². The molecule has 0 aromatic heterocycles. The summed E-state index contributed by atoms with van der Waals surface area (Å²) >= 11 is 12.0. The Morgan fingerprint density at radius 2 is 1.81 bits per heavy atom. The summed E-state index contributed by atoms with van der Waals surface area (Å²) in [5.41, 5.74) is 1.67. The third-order valence-electron chi connectivity index (χ3n) is 3.29. The molecule has 2 rings (SSSR count). The maximum Gasteiger partial charge on any atom is 0.178 e. The lowest BCUT2D eigenvalue weighted by molar-refractivity contribution is 0.0929. The first-order chi connectivity index (χ1) is 10.1. The lowest BCUT2D eigenvalue weighted by Crippen LogP contribution is -2.29. The van der Waals surface area contributed by atoms with Crippen molar-refractivity contribution in [2.75, 3.05) is 13.1 Å². The minimum absolute atomic E-state index is 0.0136. The molecule has 0 heterocycles. The molecule has 110 valence electrons. The SMILES string of the molecule is CCN(CC(=O)c1cc(Cl)ccc1Cl)Cc1ccccc1. The van der Waals surface area contributed by atoms with E-state index >= 15 is 0 Å². The van der Waals surface area contributed by atoms with E-state index in [1.54, 1.807) is 18.2 Å². The minimum atomic E-state index is -0.0136. The quantitative estimate of drug-likeness (QED) is 0.719. The lowest BCUT2D eigenvalue weighted by Gasteiger charge is -2.20. The van der Waals surface area contributed by atoms with Crippen LogP contribution >= 0.6 is 23.2 Å². The van der Waals surface area contributed by atoms with Gasteiger partial charge in [-0.15, -0.1) is 0 Å². The van der Waals surface area contributed by atoms with Crippen LogP contribution in [0.15, 0.2) is 48.5 Å². The molecule has 0 spiro atoms. The number of halogens is 2. The molecule has 4 heteroatoms. The highest BCUT2D eigenvalue weighted by molar-refractivity contribution is 6.36. The highest BCUT2D eigenvalue weighted by Gasteiger charge is 2.15. The van der Waals surface area contributed by atoms with Crippen molar-refractivity contribution in [3.63, 3.8) is 0 Å². The Bertz CT molecular complexity index is 613. The number of carbonyl (C=O) groups excluding carboxylic acids is 1. The van der Waals surface area contributed by atoms with Crippen molar-refractivity contribution in [1.82, 2.24) is 4.90 Å². The van der Waals surface area contributed by atoms with E-state index in [0.29, 0.717) is 22.2 Å². The van der Waals surface area contributed by atoms with Crippen LogP contribution in [0.4, 0.5) is 0 Å². The van der Waals surface area contributed by atoms with Gasteiger partial charge < -0.3 is 0 Å². The van der Waals surface area contributed by atoms with Gasteiger partial charge in [-0.25, -0.2) is 0 Å². The number of Topliss-reactive ketones (excluding diaryl/α,β-unsaturated/α-hetero) is 1. The van der Waals surface area contributed by atoms with Gasteiger partial charge in [-0.05, 0) is 30.3 Å². The summed E-state index contributed by atoms with van der Waals surface area (Å²) in [5, 5.41) is 0.967. The van der Waals surface area contributed by atoms with Gasteiger partial charge in [0, 0.05) is 17.1 Å². The summed E-state index contributed by atoms with van der Waals surface area (Å²) in [7, 11) is 0. The Balaban J connectivity index is 2.07. The summed E-state index contributed by atoms with van der Waals surface area (Å²) in [6, 6.07) is 15.1. The van der Waals surface area contributed by atoms with Gasteiger partial charge in [0.25, 0.3) is 0 Å². The maximum absolute atomic E-state index is 12.4. The van der Waals surface area contributed by atoms with E-state index in [4.69, 9.17) is 23.2 Å². The molecule has 0 bridgehead atoms. The molecule has 0 aliphatic rings. The molecule has 2 nitrogen and oxygen atoms in total. The smallest absolute Gasteiger partial charge is 0.178 e. The molecule has 0 amide bonds. The van der Waals surface area contributed by atoms with Crippen molar-refractivity contribution in [3.05, 3.63) is 69.7 Å². The standard InChI is InChI=1S/C17H17Cl2NO/c1-2-20(11-13-6-4-3-5-7-13)12-17(21)15-10-14(18)8-9-16(15)19/h3-10H,2,11-12H2,1H3. The predicted molar refractivity (Wildman–Crippen MR) is 88.2 cm³/mol. The summed E-state index contributed by atoms with van der Waals surface area (Å²) < 4.78 is 0. The first-order valence-electron chi connectivity index (χ1n) is 6.84. The molecule has 21 heavy (non-hydrogen) atoms. The van der Waals surface area contributed by atoms with E-state index in [1.807, 2.05) is 25.1 Å². The molecule has 0 fully saturated rings. The molecule has 0 saturated heterocycles. The van der Waals surface area contributed by atoms with Gasteiger partial charge in [-0.1, -0.05) is 60.5 Å². The van der Waals surface area contributed by atoms with Crippen LogP contribution < -0.4 is 0 Å². The van der Waals surface area contributed by atoms with Crippen molar-refractivity contribution in [2.45, 2.75) is 13.5 Å². The maximum atomic E-state index is 12.4. The number of ketones is 1. The number of nitrogens with zero attached hydrogens (tertiary/aromatic N) is 1. The fourth-order valence-electron chi connectivity index (χ4n) is 2.12. The van der Waals surface area contributed by atoms with E-state index in [0.717, 1.165) is 13.1 Å². The van der Waals surface area contributed by atoms with Crippen molar-refractivity contribution < 1.29 is 4.79 Å². The largest absolute Gasteiger partial charge is 0.293 e. The van der Waals surface area contributed by atoms with Crippen molar-refractivity contribution in [1.29, 1.82) is 0 Å². The van der Waals surface area contributed by atoms with Crippen LogP contribution in [-0.2, 0) is 6.54 Å². The summed E-state index contributed by atoms with van der Waals surface area (Å²) in [5.74, 6) is -0.0136. The van der Waals surface area contributed by atoms with Gasteiger partial charge in [-0.2, -0.15) is 0 Å². The fraction of sp³-hybridized carbons (Fsp3) is 0.235. The van der Waals surface area contributed by atoms with Crippen LogP contribution in [-0.4, -0.2) is 23.8 Å². The Kier molecular flexibility index (Phi) is 5.80. The van der Waals surface area contributed by atoms with Gasteiger partial charge in [0.1, 0.15) is 0 Å². The number of carbonyl (C=O) groups is 1. The topological polar surface area (TPSA) is 20.3 Å². The van der Waals surface area contributed by atoms with Crippen LogP contribution in [0.2, 0.25) is 10.0 Å². The highest BCUT2D eigenvalue weighted by Crippen LogP contribution is 2.21. The monoisotopic (exact) mass is 321 g/mol. The highest BCUT2D eigenvalue weighted by atomic mass is 35.5. The Morgan fingerprint density at radius 3 is 2.48 bits per heavy atom. The van der Waals surface area contributed by atoms with E-state index in [-0.39, 0.29) is 5.78 Å². The zero-order valence-electron chi connectivity index (χ0n) is 11.9. The Labute approximate surface area is 135 Å². The van der Waals surface area contributed by atoms with Crippen molar-refractivity contribution in [2.24, 2.45) is 0 Å². The second-order valence-corrected chi connectivity index (χ2v) is 5.68. The van der Waals surface area contributed by atoms with Crippen LogP contribution in [0.5, 0.6) is 0 Å². The van der Waals surface area contributed by atoms with Crippen molar-refractivity contribution in [3.8, 4) is 0 Å². The first-order valence-corrected chi connectivity index (χ1v) is 7.60. The number of benzene rings is 2. The molecule has 0 N–H and O–H groups in total. The van der Waals surface area contributed by atoms with E-state index in [9.17, 15) is 4.79 Å². The van der Waals surface area contributed by atoms with Gasteiger partial charge in [0.15, 0.2) is 5.78 Å². The number of likely N-dealkylation sites (N-methyl/N-ethyl adjacent to an activating group) is 1. The van der Waals surface area contributed by atoms with E-state index < -0.39 is 0 Å². The van der Waals surface area contributed by atoms with Crippen molar-refractivity contribution >= 4 is 29.0 Å². The number of hydrogen-bond donors (Lipinski definition) is 0. The molecule has 0 aliphatic heterocycles. The zero-order chi connectivity index (χ0) is 15.2. The lowest BCUT2D eigenvalue weighted by atomic mass is 10.1. The molecular weight excluding hydrogens is 305 g/mol. The van der Waals surface area contributed by atoms with Gasteiger partial charge in [0.2, 0.25) is 0 Å². The zero-order valence-corrected chi connectivity index (χ0v) is 13.4. The molecule has 0 aliphatic carbocycles. The second-order valence-electron chi connectivity index (χ2n) is 4.84. The number of hydrogen-bond acceptors (Lipinski definition) is 2. The third-order valence-corrected chi connectivity index (χ3v) is 3.86. The van der Waals surface area contributed by atoms with Crippen LogP contribution in [0.3, 0.4) is 0 Å². The van der Waals surface area contributed by atoms with Crippen LogP contribution in [0.25, 0.3) is 0 Å². The van der Waals surface area contributed by atoms with Gasteiger partial charge in [0.05, 0.1) is 11.6 Å². The fourth-order valence-corrected chi connectivity index (χ4v) is 2.52. The molecule has 0 unspecified atom stereocenters. The van der Waals surface area contributed by atoms with E-state index in [2.05, 4.69) is 17.0 Å². The molecule has 0 radical (unpaired) electrons. The predicted octanol–water partition coefficient (Wildman–Crippen LogP) is 4.70. The summed E-state index contributed by atoms with van der Waals surface area (Å²) in [4.78, 5) is 14.5.